The summed E-state index contributed by atoms with van der Waals surface area (Å²) < 4.78 is 6.15. The van der Waals surface area contributed by atoms with Crippen molar-refractivity contribution in [3.05, 3.63) is 143 Å². The molecule has 4 aromatic rings. The van der Waals surface area contributed by atoms with Crippen molar-refractivity contribution >= 4 is 5.57 Å². The van der Waals surface area contributed by atoms with Gasteiger partial charge in [0.2, 0.25) is 0 Å². The van der Waals surface area contributed by atoms with E-state index in [1.807, 2.05) is 48.5 Å². The van der Waals surface area contributed by atoms with E-state index in [0.29, 0.717) is 6.61 Å². The zero-order valence-corrected chi connectivity index (χ0v) is 18.4. The van der Waals surface area contributed by atoms with Crippen LogP contribution in [0.2, 0.25) is 0 Å². The quantitative estimate of drug-likeness (QED) is 0.293. The number of allylic oxidation sites excluding steroid dienone is 1. The topological polar surface area (TPSA) is 33.0 Å². The molecule has 0 saturated carbocycles. The van der Waals surface area contributed by atoms with Gasteiger partial charge in [0, 0.05) is 17.1 Å². The molecule has 0 aliphatic heterocycles. The summed E-state index contributed by atoms with van der Waals surface area (Å²) in [5.41, 5.74) is 7.60. The minimum absolute atomic E-state index is 0.0886. The Bertz CT molecular complexity index is 1300. The van der Waals surface area contributed by atoms with Crippen LogP contribution in [-0.4, -0.2) is 6.61 Å². The molecule has 1 aliphatic carbocycles. The predicted molar refractivity (Wildman–Crippen MR) is 133 cm³/mol. The van der Waals surface area contributed by atoms with Crippen molar-refractivity contribution in [3.8, 4) is 11.8 Å². The fourth-order valence-corrected chi connectivity index (χ4v) is 4.68. The summed E-state index contributed by atoms with van der Waals surface area (Å²) >= 11 is 0. The molecule has 1 aliphatic rings. The Kier molecular flexibility index (Phi) is 6.04. The number of nitrogens with zero attached hydrogens (tertiary/aromatic N) is 1. The molecule has 4 aromatic carbocycles. The van der Waals surface area contributed by atoms with Crippen LogP contribution in [0.3, 0.4) is 0 Å². The maximum absolute atomic E-state index is 10.2. The summed E-state index contributed by atoms with van der Waals surface area (Å²) in [7, 11) is 0. The highest BCUT2D eigenvalue weighted by molar-refractivity contribution is 5.92. The number of hydrogen-bond acceptors (Lipinski definition) is 2. The first-order chi connectivity index (χ1) is 16.3. The van der Waals surface area contributed by atoms with Crippen molar-refractivity contribution in [2.45, 2.75) is 18.8 Å². The SMILES string of the molecule is N#CC1=C(c2ccccc2)c2ccc(OCCCc3ccccc3)cc2C1c1ccccc1. The lowest BCUT2D eigenvalue weighted by Gasteiger charge is -2.15. The Morgan fingerprint density at radius 2 is 1.42 bits per heavy atom. The average molecular weight is 428 g/mol. The minimum atomic E-state index is -0.0886. The molecular formula is C31H25NO. The summed E-state index contributed by atoms with van der Waals surface area (Å²) in [6.07, 6.45) is 1.96. The number of aryl methyl sites for hydroxylation is 1. The third-order valence-corrected chi connectivity index (χ3v) is 6.20. The van der Waals surface area contributed by atoms with Crippen molar-refractivity contribution in [2.24, 2.45) is 0 Å². The van der Waals surface area contributed by atoms with Crippen LogP contribution < -0.4 is 4.74 Å². The molecule has 2 heteroatoms. The highest BCUT2D eigenvalue weighted by atomic mass is 16.5. The van der Waals surface area contributed by atoms with Crippen LogP contribution in [0.1, 0.15) is 40.2 Å². The standard InChI is InChI=1S/C31H25NO/c32-22-29-30(24-14-6-2-7-15-24)27-19-18-26(33-20-10-13-23-11-4-1-5-12-23)21-28(27)31(29)25-16-8-3-9-17-25/h1-9,11-12,14-19,21,31H,10,13,20H2. The number of nitriles is 1. The van der Waals surface area contributed by atoms with Crippen molar-refractivity contribution in [3.63, 3.8) is 0 Å². The molecule has 1 atom stereocenters. The van der Waals surface area contributed by atoms with Gasteiger partial charge in [-0.2, -0.15) is 5.26 Å². The Morgan fingerprint density at radius 1 is 0.758 bits per heavy atom. The van der Waals surface area contributed by atoms with Gasteiger partial charge in [-0.3, -0.25) is 0 Å². The largest absolute Gasteiger partial charge is 0.494 e. The highest BCUT2D eigenvalue weighted by Crippen LogP contribution is 2.48. The van der Waals surface area contributed by atoms with Crippen molar-refractivity contribution in [2.75, 3.05) is 6.61 Å². The van der Waals surface area contributed by atoms with E-state index in [2.05, 4.69) is 66.7 Å². The molecule has 0 aromatic heterocycles. The first-order valence-electron chi connectivity index (χ1n) is 11.4. The van der Waals surface area contributed by atoms with Crippen LogP contribution in [0.15, 0.2) is 115 Å². The van der Waals surface area contributed by atoms with E-state index >= 15 is 0 Å². The monoisotopic (exact) mass is 427 g/mol. The Labute approximate surface area is 195 Å². The van der Waals surface area contributed by atoms with Crippen LogP contribution in [0.4, 0.5) is 0 Å². The molecule has 0 radical (unpaired) electrons. The van der Waals surface area contributed by atoms with Crippen LogP contribution >= 0.6 is 0 Å². The number of ether oxygens (including phenoxy) is 1. The van der Waals surface area contributed by atoms with Gasteiger partial charge in [-0.15, -0.1) is 0 Å². The van der Waals surface area contributed by atoms with E-state index in [1.165, 1.54) is 5.56 Å². The first-order valence-corrected chi connectivity index (χ1v) is 11.4. The van der Waals surface area contributed by atoms with Crippen LogP contribution in [0, 0.1) is 11.3 Å². The molecule has 0 bridgehead atoms. The van der Waals surface area contributed by atoms with Crippen LogP contribution in [0.5, 0.6) is 5.75 Å². The molecule has 160 valence electrons. The van der Waals surface area contributed by atoms with Crippen molar-refractivity contribution < 1.29 is 4.74 Å². The van der Waals surface area contributed by atoms with Gasteiger partial charge in [-0.1, -0.05) is 97.1 Å². The summed E-state index contributed by atoms with van der Waals surface area (Å²) in [6, 6.07) is 39.8. The zero-order valence-electron chi connectivity index (χ0n) is 18.4. The van der Waals surface area contributed by atoms with Gasteiger partial charge in [0.25, 0.3) is 0 Å². The molecule has 0 saturated heterocycles. The van der Waals surface area contributed by atoms with Gasteiger partial charge in [-0.05, 0) is 52.8 Å². The molecule has 5 rings (SSSR count). The summed E-state index contributed by atoms with van der Waals surface area (Å²) in [4.78, 5) is 0. The number of fused-ring (bicyclic) bond motifs is 1. The lowest BCUT2D eigenvalue weighted by atomic mass is 9.88. The Balaban J connectivity index is 1.45. The van der Waals surface area contributed by atoms with Crippen LogP contribution in [0.25, 0.3) is 5.57 Å². The van der Waals surface area contributed by atoms with E-state index in [4.69, 9.17) is 4.74 Å². The Morgan fingerprint density at radius 3 is 2.12 bits per heavy atom. The summed E-state index contributed by atoms with van der Waals surface area (Å²) in [5.74, 6) is 0.767. The fourth-order valence-electron chi connectivity index (χ4n) is 4.68. The second kappa shape index (κ2) is 9.59. The lowest BCUT2D eigenvalue weighted by molar-refractivity contribution is 0.310. The van der Waals surface area contributed by atoms with Gasteiger partial charge >= 0.3 is 0 Å². The minimum Gasteiger partial charge on any atom is -0.494 e. The molecule has 0 fully saturated rings. The third-order valence-electron chi connectivity index (χ3n) is 6.20. The number of rotatable bonds is 7. The molecule has 2 nitrogen and oxygen atoms in total. The predicted octanol–water partition coefficient (Wildman–Crippen LogP) is 7.17. The van der Waals surface area contributed by atoms with Gasteiger partial charge in [0.05, 0.1) is 12.7 Å². The van der Waals surface area contributed by atoms with Crippen LogP contribution in [-0.2, 0) is 6.42 Å². The lowest BCUT2D eigenvalue weighted by Crippen LogP contribution is -2.03. The fraction of sp³-hybridized carbons (Fsp3) is 0.129. The van der Waals surface area contributed by atoms with Crippen molar-refractivity contribution in [1.82, 2.24) is 0 Å². The summed E-state index contributed by atoms with van der Waals surface area (Å²) in [5, 5.41) is 10.2. The average Bonchev–Trinajstić information content (AvgIpc) is 3.22. The molecule has 1 unspecified atom stereocenters. The first kappa shape index (κ1) is 20.8. The van der Waals surface area contributed by atoms with E-state index in [1.54, 1.807) is 0 Å². The van der Waals surface area contributed by atoms with E-state index in [0.717, 1.165) is 52.0 Å². The smallest absolute Gasteiger partial charge is 0.119 e. The molecule has 33 heavy (non-hydrogen) atoms. The molecule has 0 spiro atoms. The number of hydrogen-bond donors (Lipinski definition) is 0. The van der Waals surface area contributed by atoms with Gasteiger partial charge < -0.3 is 4.74 Å². The number of benzene rings is 4. The maximum atomic E-state index is 10.2. The summed E-state index contributed by atoms with van der Waals surface area (Å²) in [6.45, 7) is 0.660. The van der Waals surface area contributed by atoms with Gasteiger partial charge in [-0.25, -0.2) is 0 Å². The van der Waals surface area contributed by atoms with Crippen molar-refractivity contribution in [1.29, 1.82) is 5.26 Å². The molecule has 0 heterocycles. The van der Waals surface area contributed by atoms with Gasteiger partial charge in [0.15, 0.2) is 0 Å². The molecule has 0 amide bonds. The van der Waals surface area contributed by atoms with E-state index in [-0.39, 0.29) is 5.92 Å². The highest BCUT2D eigenvalue weighted by Gasteiger charge is 2.33. The van der Waals surface area contributed by atoms with Gasteiger partial charge in [0.1, 0.15) is 5.75 Å². The van der Waals surface area contributed by atoms with E-state index in [9.17, 15) is 5.26 Å². The van der Waals surface area contributed by atoms with E-state index < -0.39 is 0 Å². The Hall–Kier alpha value is -4.09. The molecule has 0 N–H and O–H groups in total. The maximum Gasteiger partial charge on any atom is 0.119 e. The third kappa shape index (κ3) is 4.31. The normalized spacial score (nSPS) is 14.6. The second-order valence-corrected chi connectivity index (χ2v) is 8.30. The molecular weight excluding hydrogens is 402 g/mol. The zero-order chi connectivity index (χ0) is 22.5. The second-order valence-electron chi connectivity index (χ2n) is 8.30.